The summed E-state index contributed by atoms with van der Waals surface area (Å²) in [6, 6.07) is 0. The van der Waals surface area contributed by atoms with E-state index in [0.717, 1.165) is 16.7 Å². The van der Waals surface area contributed by atoms with E-state index in [1.165, 1.54) is 0 Å². The van der Waals surface area contributed by atoms with Crippen LogP contribution in [0, 0.1) is 5.92 Å². The summed E-state index contributed by atoms with van der Waals surface area (Å²) in [6.45, 7) is 11.6. The number of hydrogen-bond donors (Lipinski definition) is 0. The van der Waals surface area contributed by atoms with E-state index in [9.17, 15) is 4.79 Å². The fourth-order valence-electron chi connectivity index (χ4n) is 1.68. The standard InChI is InChI=1S/C11H16O2/c1-6(2)7(3)10-8(4)11(12)13-9(10)5/h7,9H,1H2,2-5H3. The minimum absolute atomic E-state index is 0.0841. The molecule has 2 heteroatoms. The first-order chi connectivity index (χ1) is 5.95. The van der Waals surface area contributed by atoms with Crippen molar-refractivity contribution in [2.75, 3.05) is 0 Å². The van der Waals surface area contributed by atoms with Gasteiger partial charge in [-0.15, -0.1) is 0 Å². The Hall–Kier alpha value is -1.05. The van der Waals surface area contributed by atoms with Crippen molar-refractivity contribution in [2.24, 2.45) is 5.92 Å². The van der Waals surface area contributed by atoms with Crippen LogP contribution in [0.4, 0.5) is 0 Å². The van der Waals surface area contributed by atoms with Gasteiger partial charge in [0.2, 0.25) is 0 Å². The molecule has 2 nitrogen and oxygen atoms in total. The predicted molar refractivity (Wildman–Crippen MR) is 52.2 cm³/mol. The second-order valence-corrected chi connectivity index (χ2v) is 3.70. The first-order valence-electron chi connectivity index (χ1n) is 4.52. The normalized spacial score (nSPS) is 24.6. The largest absolute Gasteiger partial charge is 0.455 e. The smallest absolute Gasteiger partial charge is 0.334 e. The quantitative estimate of drug-likeness (QED) is 0.482. The number of cyclic esters (lactones) is 1. The fraction of sp³-hybridized carbons (Fsp3) is 0.545. The van der Waals surface area contributed by atoms with Crippen molar-refractivity contribution in [2.45, 2.75) is 33.8 Å². The minimum Gasteiger partial charge on any atom is -0.455 e. The van der Waals surface area contributed by atoms with Gasteiger partial charge in [0.15, 0.2) is 0 Å². The van der Waals surface area contributed by atoms with Crippen LogP contribution in [0.5, 0.6) is 0 Å². The second-order valence-electron chi connectivity index (χ2n) is 3.70. The van der Waals surface area contributed by atoms with Crippen molar-refractivity contribution in [1.82, 2.24) is 0 Å². The molecule has 0 spiro atoms. The molecule has 1 aliphatic rings. The number of allylic oxidation sites excluding steroid dienone is 1. The Bertz CT molecular complexity index is 286. The number of carbonyl (C=O) groups excluding carboxylic acids is 1. The van der Waals surface area contributed by atoms with Crippen molar-refractivity contribution in [3.8, 4) is 0 Å². The summed E-state index contributed by atoms with van der Waals surface area (Å²) in [6.07, 6.45) is -0.0841. The lowest BCUT2D eigenvalue weighted by Crippen LogP contribution is -2.12. The molecule has 0 saturated carbocycles. The summed E-state index contributed by atoms with van der Waals surface area (Å²) in [7, 11) is 0. The molecule has 0 N–H and O–H groups in total. The number of carbonyl (C=O) groups is 1. The van der Waals surface area contributed by atoms with Gasteiger partial charge in [-0.05, 0) is 26.3 Å². The Morgan fingerprint density at radius 2 is 2.15 bits per heavy atom. The molecule has 1 rings (SSSR count). The predicted octanol–water partition coefficient (Wildman–Crippen LogP) is 2.46. The van der Waals surface area contributed by atoms with Gasteiger partial charge in [-0.25, -0.2) is 4.79 Å². The highest BCUT2D eigenvalue weighted by Crippen LogP contribution is 2.31. The molecule has 0 saturated heterocycles. The topological polar surface area (TPSA) is 26.3 Å². The average molecular weight is 180 g/mol. The van der Waals surface area contributed by atoms with Crippen LogP contribution < -0.4 is 0 Å². The Labute approximate surface area is 79.3 Å². The van der Waals surface area contributed by atoms with Crippen LogP contribution in [-0.2, 0) is 9.53 Å². The SMILES string of the molecule is C=C(C)C(C)C1=C(C)C(=O)OC1C. The lowest BCUT2D eigenvalue weighted by atomic mass is 9.89. The van der Waals surface area contributed by atoms with Gasteiger partial charge in [-0.2, -0.15) is 0 Å². The van der Waals surface area contributed by atoms with E-state index >= 15 is 0 Å². The van der Waals surface area contributed by atoms with E-state index in [4.69, 9.17) is 4.74 Å². The highest BCUT2D eigenvalue weighted by atomic mass is 16.5. The van der Waals surface area contributed by atoms with Gasteiger partial charge in [-0.1, -0.05) is 19.1 Å². The van der Waals surface area contributed by atoms with E-state index in [0.29, 0.717) is 0 Å². The number of hydrogen-bond acceptors (Lipinski definition) is 2. The van der Waals surface area contributed by atoms with Crippen molar-refractivity contribution in [3.05, 3.63) is 23.3 Å². The minimum atomic E-state index is -0.185. The van der Waals surface area contributed by atoms with Crippen LogP contribution >= 0.6 is 0 Å². The highest BCUT2D eigenvalue weighted by Gasteiger charge is 2.31. The summed E-state index contributed by atoms with van der Waals surface area (Å²) < 4.78 is 5.10. The molecule has 0 aromatic rings. The van der Waals surface area contributed by atoms with Gasteiger partial charge in [0, 0.05) is 11.5 Å². The number of rotatable bonds is 2. The Kier molecular flexibility index (Phi) is 2.60. The van der Waals surface area contributed by atoms with Crippen LogP contribution in [0.1, 0.15) is 27.7 Å². The summed E-state index contributed by atoms with van der Waals surface area (Å²) in [5, 5.41) is 0. The molecule has 0 bridgehead atoms. The molecule has 2 unspecified atom stereocenters. The Morgan fingerprint density at radius 1 is 1.62 bits per heavy atom. The molecule has 0 radical (unpaired) electrons. The monoisotopic (exact) mass is 180 g/mol. The zero-order valence-electron chi connectivity index (χ0n) is 8.68. The van der Waals surface area contributed by atoms with Gasteiger partial charge in [-0.3, -0.25) is 0 Å². The van der Waals surface area contributed by atoms with E-state index in [1.54, 1.807) is 0 Å². The lowest BCUT2D eigenvalue weighted by Gasteiger charge is -2.16. The number of esters is 1. The molecule has 1 aliphatic heterocycles. The third kappa shape index (κ3) is 1.67. The molecule has 1 heterocycles. The van der Waals surface area contributed by atoms with E-state index in [-0.39, 0.29) is 18.0 Å². The molecule has 13 heavy (non-hydrogen) atoms. The third-order valence-electron chi connectivity index (χ3n) is 2.67. The van der Waals surface area contributed by atoms with Crippen molar-refractivity contribution in [1.29, 1.82) is 0 Å². The summed E-state index contributed by atoms with van der Waals surface area (Å²) in [5.74, 6) is 0.0528. The van der Waals surface area contributed by atoms with Crippen molar-refractivity contribution in [3.63, 3.8) is 0 Å². The Balaban J connectivity index is 3.01. The van der Waals surface area contributed by atoms with Gasteiger partial charge < -0.3 is 4.74 Å². The van der Waals surface area contributed by atoms with Gasteiger partial charge in [0.25, 0.3) is 0 Å². The zero-order valence-corrected chi connectivity index (χ0v) is 8.68. The second kappa shape index (κ2) is 3.36. The summed E-state index contributed by atoms with van der Waals surface area (Å²) in [4.78, 5) is 11.2. The first-order valence-corrected chi connectivity index (χ1v) is 4.52. The molecule has 2 atom stereocenters. The molecule has 0 aromatic carbocycles. The third-order valence-corrected chi connectivity index (χ3v) is 2.67. The number of ether oxygens (including phenoxy) is 1. The van der Waals surface area contributed by atoms with Crippen molar-refractivity contribution < 1.29 is 9.53 Å². The zero-order chi connectivity index (χ0) is 10.2. The molecule has 0 aromatic heterocycles. The highest BCUT2D eigenvalue weighted by molar-refractivity contribution is 5.91. The molecule has 0 fully saturated rings. The Morgan fingerprint density at radius 3 is 2.46 bits per heavy atom. The van der Waals surface area contributed by atoms with Gasteiger partial charge in [0.05, 0.1) is 0 Å². The van der Waals surface area contributed by atoms with Crippen LogP contribution in [0.3, 0.4) is 0 Å². The van der Waals surface area contributed by atoms with E-state index in [1.807, 2.05) is 20.8 Å². The molecule has 72 valence electrons. The van der Waals surface area contributed by atoms with E-state index < -0.39 is 0 Å². The summed E-state index contributed by atoms with van der Waals surface area (Å²) >= 11 is 0. The lowest BCUT2D eigenvalue weighted by molar-refractivity contribution is -0.139. The molecular weight excluding hydrogens is 164 g/mol. The molecule has 0 aliphatic carbocycles. The maximum atomic E-state index is 11.2. The van der Waals surface area contributed by atoms with Crippen molar-refractivity contribution >= 4 is 5.97 Å². The average Bonchev–Trinajstić information content (AvgIpc) is 2.26. The molecular formula is C11H16O2. The van der Waals surface area contributed by atoms with Crippen LogP contribution in [0.25, 0.3) is 0 Å². The first kappa shape index (κ1) is 10.0. The summed E-state index contributed by atoms with van der Waals surface area (Å²) in [5.41, 5.74) is 2.90. The van der Waals surface area contributed by atoms with Crippen LogP contribution in [-0.4, -0.2) is 12.1 Å². The van der Waals surface area contributed by atoms with Crippen LogP contribution in [0.2, 0.25) is 0 Å². The maximum Gasteiger partial charge on any atom is 0.334 e. The fourth-order valence-corrected chi connectivity index (χ4v) is 1.68. The molecule has 0 amide bonds. The van der Waals surface area contributed by atoms with Gasteiger partial charge in [0.1, 0.15) is 6.10 Å². The van der Waals surface area contributed by atoms with Gasteiger partial charge >= 0.3 is 5.97 Å². The van der Waals surface area contributed by atoms with Crippen LogP contribution in [0.15, 0.2) is 23.3 Å². The van der Waals surface area contributed by atoms with E-state index in [2.05, 4.69) is 13.5 Å². The maximum absolute atomic E-state index is 11.2.